The van der Waals surface area contributed by atoms with E-state index in [2.05, 4.69) is 16.9 Å². The first-order valence-corrected chi connectivity index (χ1v) is 7.03. The maximum absolute atomic E-state index is 11.2. The van der Waals surface area contributed by atoms with E-state index in [0.717, 1.165) is 25.1 Å². The van der Waals surface area contributed by atoms with Gasteiger partial charge in [0.05, 0.1) is 0 Å². The molecule has 1 heterocycles. The molecule has 0 spiro atoms. The zero-order chi connectivity index (χ0) is 15.2. The molecule has 0 atom stereocenters. The van der Waals surface area contributed by atoms with Gasteiger partial charge in [-0.2, -0.15) is 0 Å². The molecule has 2 aromatic rings. The van der Waals surface area contributed by atoms with Crippen molar-refractivity contribution in [3.05, 3.63) is 47.8 Å². The number of carbonyl (C=O) groups is 1. The van der Waals surface area contributed by atoms with Gasteiger partial charge in [0.25, 0.3) is 0 Å². The average Bonchev–Trinajstić information content (AvgIpc) is 2.48. The Hall–Kier alpha value is -2.43. The number of nitrogens with zero attached hydrogens (tertiary/aromatic N) is 3. The van der Waals surface area contributed by atoms with Gasteiger partial charge in [-0.05, 0) is 31.5 Å². The summed E-state index contributed by atoms with van der Waals surface area (Å²) in [5, 5.41) is 9.15. The van der Waals surface area contributed by atoms with Crippen LogP contribution in [0.25, 0.3) is 0 Å². The van der Waals surface area contributed by atoms with Crippen molar-refractivity contribution in [2.75, 3.05) is 11.4 Å². The Morgan fingerprint density at radius 3 is 2.57 bits per heavy atom. The molecule has 0 amide bonds. The minimum Gasteiger partial charge on any atom is -0.477 e. The summed E-state index contributed by atoms with van der Waals surface area (Å²) in [7, 11) is 0. The van der Waals surface area contributed by atoms with Gasteiger partial charge in [0, 0.05) is 17.9 Å². The number of aromatic carboxylic acids is 1. The van der Waals surface area contributed by atoms with E-state index < -0.39 is 5.97 Å². The van der Waals surface area contributed by atoms with Gasteiger partial charge in [0.15, 0.2) is 5.69 Å². The highest BCUT2D eigenvalue weighted by Crippen LogP contribution is 2.23. The molecule has 21 heavy (non-hydrogen) atoms. The van der Waals surface area contributed by atoms with Crippen LogP contribution in [-0.4, -0.2) is 27.6 Å². The summed E-state index contributed by atoms with van der Waals surface area (Å²) in [5.74, 6) is -0.600. The number of carboxylic acids is 1. The summed E-state index contributed by atoms with van der Waals surface area (Å²) in [6.45, 7) is 4.65. The number of rotatable bonds is 6. The molecule has 5 heteroatoms. The summed E-state index contributed by atoms with van der Waals surface area (Å²) < 4.78 is 0. The molecule has 0 saturated heterocycles. The van der Waals surface area contributed by atoms with E-state index >= 15 is 0 Å². The first kappa shape index (κ1) is 15.0. The summed E-state index contributed by atoms with van der Waals surface area (Å²) in [6.07, 6.45) is 2.02. The van der Waals surface area contributed by atoms with Gasteiger partial charge >= 0.3 is 5.97 Å². The molecule has 1 N–H and O–H groups in total. The van der Waals surface area contributed by atoms with Crippen LogP contribution in [0.1, 0.15) is 35.9 Å². The Kier molecular flexibility index (Phi) is 4.87. The molecule has 1 aromatic carbocycles. The minimum atomic E-state index is -1.04. The highest BCUT2D eigenvalue weighted by molar-refractivity contribution is 5.85. The van der Waals surface area contributed by atoms with Crippen LogP contribution in [0.3, 0.4) is 0 Å². The molecule has 0 bridgehead atoms. The van der Waals surface area contributed by atoms with Crippen molar-refractivity contribution in [1.29, 1.82) is 0 Å². The van der Waals surface area contributed by atoms with E-state index in [1.807, 2.05) is 35.2 Å². The fraction of sp³-hybridized carbons (Fsp3) is 0.312. The molecule has 0 aliphatic heterocycles. The Morgan fingerprint density at radius 1 is 1.24 bits per heavy atom. The van der Waals surface area contributed by atoms with Crippen LogP contribution in [0.5, 0.6) is 0 Å². The van der Waals surface area contributed by atoms with Gasteiger partial charge < -0.3 is 10.0 Å². The molecule has 0 aliphatic carbocycles. The number of benzene rings is 1. The number of unbranched alkanes of at least 4 members (excludes halogenated alkanes) is 1. The maximum atomic E-state index is 11.2. The second kappa shape index (κ2) is 6.83. The Labute approximate surface area is 124 Å². The van der Waals surface area contributed by atoms with Crippen molar-refractivity contribution in [1.82, 2.24) is 9.97 Å². The van der Waals surface area contributed by atoms with Crippen molar-refractivity contribution in [2.45, 2.75) is 26.7 Å². The van der Waals surface area contributed by atoms with E-state index in [1.54, 1.807) is 6.92 Å². The molecule has 0 saturated carbocycles. The zero-order valence-electron chi connectivity index (χ0n) is 12.3. The normalized spacial score (nSPS) is 10.4. The van der Waals surface area contributed by atoms with Crippen LogP contribution in [0.15, 0.2) is 36.4 Å². The number of hydrogen-bond donors (Lipinski definition) is 1. The van der Waals surface area contributed by atoms with Crippen molar-refractivity contribution >= 4 is 17.6 Å². The van der Waals surface area contributed by atoms with E-state index in [4.69, 9.17) is 5.11 Å². The van der Waals surface area contributed by atoms with Crippen LogP contribution in [0.4, 0.5) is 11.6 Å². The molecule has 0 radical (unpaired) electrons. The van der Waals surface area contributed by atoms with Crippen molar-refractivity contribution in [3.63, 3.8) is 0 Å². The topological polar surface area (TPSA) is 66.3 Å². The monoisotopic (exact) mass is 285 g/mol. The minimum absolute atomic E-state index is 0.0231. The second-order valence-electron chi connectivity index (χ2n) is 4.84. The first-order chi connectivity index (χ1) is 10.1. The second-order valence-corrected chi connectivity index (χ2v) is 4.84. The van der Waals surface area contributed by atoms with Crippen LogP contribution < -0.4 is 4.90 Å². The lowest BCUT2D eigenvalue weighted by Gasteiger charge is -2.23. The lowest BCUT2D eigenvalue weighted by molar-refractivity contribution is 0.0690. The molecule has 2 rings (SSSR count). The number of aryl methyl sites for hydroxylation is 1. The Balaban J connectivity index is 2.43. The van der Waals surface area contributed by atoms with Gasteiger partial charge in [-0.3, -0.25) is 0 Å². The third-order valence-electron chi connectivity index (χ3n) is 3.11. The SMILES string of the molecule is CCCCN(c1ccccc1)c1nc(C)cc(C(=O)O)n1. The summed E-state index contributed by atoms with van der Waals surface area (Å²) in [5.41, 5.74) is 1.64. The molecule has 0 aliphatic rings. The van der Waals surface area contributed by atoms with Gasteiger partial charge in [-0.15, -0.1) is 0 Å². The van der Waals surface area contributed by atoms with Crippen molar-refractivity contribution in [3.8, 4) is 0 Å². The van der Waals surface area contributed by atoms with Gasteiger partial charge in [-0.1, -0.05) is 31.5 Å². The highest BCUT2D eigenvalue weighted by Gasteiger charge is 2.15. The highest BCUT2D eigenvalue weighted by atomic mass is 16.4. The number of aromatic nitrogens is 2. The van der Waals surface area contributed by atoms with Gasteiger partial charge in [0.2, 0.25) is 5.95 Å². The Morgan fingerprint density at radius 2 is 1.95 bits per heavy atom. The number of carboxylic acid groups (broad SMARTS) is 1. The fourth-order valence-corrected chi connectivity index (χ4v) is 2.05. The predicted octanol–water partition coefficient (Wildman–Crippen LogP) is 3.42. The molecular weight excluding hydrogens is 266 g/mol. The number of anilines is 2. The third kappa shape index (κ3) is 3.78. The van der Waals surface area contributed by atoms with Gasteiger partial charge in [0.1, 0.15) is 0 Å². The summed E-state index contributed by atoms with van der Waals surface area (Å²) in [4.78, 5) is 21.7. The van der Waals surface area contributed by atoms with E-state index in [0.29, 0.717) is 11.6 Å². The van der Waals surface area contributed by atoms with Crippen LogP contribution >= 0.6 is 0 Å². The van der Waals surface area contributed by atoms with E-state index in [-0.39, 0.29) is 5.69 Å². The quantitative estimate of drug-likeness (QED) is 0.880. The lowest BCUT2D eigenvalue weighted by atomic mass is 10.2. The average molecular weight is 285 g/mol. The Bertz CT molecular complexity index is 614. The first-order valence-electron chi connectivity index (χ1n) is 7.03. The molecule has 0 unspecified atom stereocenters. The molecule has 1 aromatic heterocycles. The van der Waals surface area contributed by atoms with E-state index in [1.165, 1.54) is 6.07 Å². The van der Waals surface area contributed by atoms with Crippen LogP contribution in [0, 0.1) is 6.92 Å². The van der Waals surface area contributed by atoms with Gasteiger partial charge in [-0.25, -0.2) is 14.8 Å². The van der Waals surface area contributed by atoms with E-state index in [9.17, 15) is 4.79 Å². The maximum Gasteiger partial charge on any atom is 0.354 e. The fourth-order valence-electron chi connectivity index (χ4n) is 2.05. The summed E-state index contributed by atoms with van der Waals surface area (Å²) in [6, 6.07) is 11.3. The van der Waals surface area contributed by atoms with Crippen molar-refractivity contribution < 1.29 is 9.90 Å². The largest absolute Gasteiger partial charge is 0.477 e. The third-order valence-corrected chi connectivity index (χ3v) is 3.11. The molecule has 0 fully saturated rings. The smallest absolute Gasteiger partial charge is 0.354 e. The molecule has 110 valence electrons. The van der Waals surface area contributed by atoms with Crippen LogP contribution in [0.2, 0.25) is 0 Å². The predicted molar refractivity (Wildman–Crippen MR) is 82.1 cm³/mol. The summed E-state index contributed by atoms with van der Waals surface area (Å²) >= 11 is 0. The van der Waals surface area contributed by atoms with Crippen LogP contribution in [-0.2, 0) is 0 Å². The number of hydrogen-bond acceptors (Lipinski definition) is 4. The van der Waals surface area contributed by atoms with Crippen molar-refractivity contribution in [2.24, 2.45) is 0 Å². The lowest BCUT2D eigenvalue weighted by Crippen LogP contribution is -2.22. The molecular formula is C16H19N3O2. The molecule has 5 nitrogen and oxygen atoms in total. The zero-order valence-corrected chi connectivity index (χ0v) is 12.3. The number of para-hydroxylation sites is 1. The standard InChI is InChI=1S/C16H19N3O2/c1-3-4-10-19(13-8-6-5-7-9-13)16-17-12(2)11-14(18-16)15(20)21/h5-9,11H,3-4,10H2,1-2H3,(H,20,21).